The molecule has 36 heavy (non-hydrogen) atoms. The van der Waals surface area contributed by atoms with E-state index in [4.69, 9.17) is 14.6 Å². The standard InChI is InChI=1S/C28H31N3O5/c1-18(32)25-12-13-26(31-30-25)36-23-10-6-20(7-11-23)28(14-2-3-15-28)19-4-8-22(9-5-19)35-24-16-21(17-24)29-27(33)34/h4-13,18,21,24,29,32H,2-3,14-17H2,1H3,(H,33,34). The number of amides is 1. The normalized spacial score (nSPS) is 21.3. The van der Waals surface area contributed by atoms with Gasteiger partial charge in [-0.15, -0.1) is 10.2 Å². The van der Waals surface area contributed by atoms with Gasteiger partial charge in [0.05, 0.1) is 11.8 Å². The minimum atomic E-state index is -0.982. The Balaban J connectivity index is 1.26. The van der Waals surface area contributed by atoms with Crippen LogP contribution in [0.25, 0.3) is 0 Å². The Kier molecular flexibility index (Phi) is 6.78. The van der Waals surface area contributed by atoms with Gasteiger partial charge in [0, 0.05) is 30.4 Å². The SMILES string of the molecule is CC(O)c1ccc(Oc2ccc(C3(c4ccc(OC5CC(NC(=O)O)C5)cc4)CCCC3)cc2)nn1. The summed E-state index contributed by atoms with van der Waals surface area (Å²) in [5.74, 6) is 1.89. The Bertz CT molecular complexity index is 1170. The van der Waals surface area contributed by atoms with Gasteiger partial charge in [-0.1, -0.05) is 37.1 Å². The third-order valence-corrected chi connectivity index (χ3v) is 7.31. The molecule has 2 fully saturated rings. The van der Waals surface area contributed by atoms with Crippen molar-refractivity contribution in [3.8, 4) is 17.4 Å². The number of hydrogen-bond acceptors (Lipinski definition) is 6. The average Bonchev–Trinajstić information content (AvgIpc) is 3.35. The molecule has 3 aromatic rings. The van der Waals surface area contributed by atoms with E-state index >= 15 is 0 Å². The first-order chi connectivity index (χ1) is 17.4. The predicted octanol–water partition coefficient (Wildman–Crippen LogP) is 5.36. The number of hydrogen-bond donors (Lipinski definition) is 3. The maximum Gasteiger partial charge on any atom is 0.404 e. The fraction of sp³-hybridized carbons (Fsp3) is 0.393. The number of aromatic nitrogens is 2. The van der Waals surface area contributed by atoms with Gasteiger partial charge in [-0.2, -0.15) is 0 Å². The minimum Gasteiger partial charge on any atom is -0.490 e. The van der Waals surface area contributed by atoms with Crippen molar-refractivity contribution in [3.05, 3.63) is 77.5 Å². The van der Waals surface area contributed by atoms with Crippen molar-refractivity contribution >= 4 is 6.09 Å². The van der Waals surface area contributed by atoms with Crippen LogP contribution in [0.4, 0.5) is 4.79 Å². The van der Waals surface area contributed by atoms with Crippen LogP contribution >= 0.6 is 0 Å². The smallest absolute Gasteiger partial charge is 0.404 e. The van der Waals surface area contributed by atoms with E-state index < -0.39 is 12.2 Å². The second-order valence-corrected chi connectivity index (χ2v) is 9.77. The van der Waals surface area contributed by atoms with Crippen LogP contribution in [0, 0.1) is 0 Å². The number of nitrogens with one attached hydrogen (secondary N) is 1. The summed E-state index contributed by atoms with van der Waals surface area (Å²) in [6.45, 7) is 1.65. The lowest BCUT2D eigenvalue weighted by Gasteiger charge is -2.35. The van der Waals surface area contributed by atoms with Gasteiger partial charge >= 0.3 is 6.09 Å². The summed E-state index contributed by atoms with van der Waals surface area (Å²) >= 11 is 0. The van der Waals surface area contributed by atoms with Gasteiger partial charge in [-0.25, -0.2) is 4.79 Å². The van der Waals surface area contributed by atoms with E-state index in [1.54, 1.807) is 19.1 Å². The quantitative estimate of drug-likeness (QED) is 0.390. The molecule has 2 aliphatic rings. The maximum atomic E-state index is 10.7. The van der Waals surface area contributed by atoms with Gasteiger partial charge in [0.2, 0.25) is 5.88 Å². The molecule has 3 N–H and O–H groups in total. The molecule has 188 valence electrons. The molecule has 1 amide bonds. The van der Waals surface area contributed by atoms with E-state index in [9.17, 15) is 9.90 Å². The Morgan fingerprint density at radius 1 is 0.944 bits per heavy atom. The molecular formula is C28H31N3O5. The Morgan fingerprint density at radius 2 is 1.56 bits per heavy atom. The number of rotatable bonds is 8. The van der Waals surface area contributed by atoms with Gasteiger partial charge in [0.15, 0.2) is 0 Å². The first kappa shape index (κ1) is 24.1. The Hall–Kier alpha value is -3.65. The highest BCUT2D eigenvalue weighted by atomic mass is 16.5. The molecule has 0 aliphatic heterocycles. The number of aliphatic hydroxyl groups excluding tert-OH is 1. The van der Waals surface area contributed by atoms with Crippen LogP contribution in [0.15, 0.2) is 60.7 Å². The van der Waals surface area contributed by atoms with Crippen molar-refractivity contribution < 1.29 is 24.5 Å². The van der Waals surface area contributed by atoms with Crippen LogP contribution < -0.4 is 14.8 Å². The number of carboxylic acid groups (broad SMARTS) is 1. The molecule has 8 nitrogen and oxygen atoms in total. The van der Waals surface area contributed by atoms with Gasteiger partial charge < -0.3 is 25.0 Å². The van der Waals surface area contributed by atoms with E-state index in [1.165, 1.54) is 24.0 Å². The largest absolute Gasteiger partial charge is 0.490 e. The third-order valence-electron chi connectivity index (χ3n) is 7.31. The van der Waals surface area contributed by atoms with Gasteiger partial charge in [-0.05, 0) is 61.2 Å². The zero-order chi connectivity index (χ0) is 25.1. The summed E-state index contributed by atoms with van der Waals surface area (Å²) < 4.78 is 11.9. The van der Waals surface area contributed by atoms with Crippen LogP contribution in [-0.4, -0.2) is 38.6 Å². The lowest BCUT2D eigenvalue weighted by Crippen LogP contribution is -2.48. The van der Waals surface area contributed by atoms with E-state index in [-0.39, 0.29) is 17.6 Å². The third kappa shape index (κ3) is 5.14. The molecule has 2 aliphatic carbocycles. The highest BCUT2D eigenvalue weighted by molar-refractivity contribution is 5.65. The Labute approximate surface area is 210 Å². The topological polar surface area (TPSA) is 114 Å². The number of aliphatic hydroxyl groups is 1. The van der Waals surface area contributed by atoms with Crippen LogP contribution in [0.2, 0.25) is 0 Å². The molecule has 2 saturated carbocycles. The van der Waals surface area contributed by atoms with Crippen LogP contribution in [0.5, 0.6) is 17.4 Å². The van der Waals surface area contributed by atoms with Crippen molar-refractivity contribution in [2.45, 2.75) is 69.1 Å². The van der Waals surface area contributed by atoms with Crippen molar-refractivity contribution in [1.82, 2.24) is 15.5 Å². The molecule has 0 saturated heterocycles. The second kappa shape index (κ2) is 10.1. The fourth-order valence-corrected chi connectivity index (χ4v) is 5.29. The summed E-state index contributed by atoms with van der Waals surface area (Å²) in [6.07, 6.45) is 4.34. The molecule has 1 unspecified atom stereocenters. The minimum absolute atomic E-state index is 0.0175. The van der Waals surface area contributed by atoms with Crippen molar-refractivity contribution in [1.29, 1.82) is 0 Å². The van der Waals surface area contributed by atoms with Crippen LogP contribution in [0.1, 0.15) is 68.4 Å². The van der Waals surface area contributed by atoms with E-state index in [1.807, 2.05) is 24.3 Å². The van der Waals surface area contributed by atoms with Gasteiger partial charge in [0.1, 0.15) is 17.6 Å². The number of ether oxygens (including phenoxy) is 2. The summed E-state index contributed by atoms with van der Waals surface area (Å²) in [7, 11) is 0. The maximum absolute atomic E-state index is 10.7. The summed E-state index contributed by atoms with van der Waals surface area (Å²) in [5.41, 5.74) is 3.00. The first-order valence-corrected chi connectivity index (χ1v) is 12.5. The molecule has 0 bridgehead atoms. The lowest BCUT2D eigenvalue weighted by atomic mass is 9.73. The number of nitrogens with zero attached hydrogens (tertiary/aromatic N) is 2. The molecule has 2 aromatic carbocycles. The fourth-order valence-electron chi connectivity index (χ4n) is 5.29. The van der Waals surface area contributed by atoms with Crippen molar-refractivity contribution in [2.24, 2.45) is 0 Å². The average molecular weight is 490 g/mol. The van der Waals surface area contributed by atoms with E-state index in [2.05, 4.69) is 39.8 Å². The van der Waals surface area contributed by atoms with Crippen molar-refractivity contribution in [2.75, 3.05) is 0 Å². The summed E-state index contributed by atoms with van der Waals surface area (Å²) in [5, 5.41) is 28.9. The highest BCUT2D eigenvalue weighted by Crippen LogP contribution is 2.47. The summed E-state index contributed by atoms with van der Waals surface area (Å²) in [4.78, 5) is 10.7. The first-order valence-electron chi connectivity index (χ1n) is 12.5. The zero-order valence-corrected chi connectivity index (χ0v) is 20.3. The molecule has 1 aromatic heterocycles. The summed E-state index contributed by atoms with van der Waals surface area (Å²) in [6, 6.07) is 20.0. The number of carbonyl (C=O) groups is 1. The molecule has 0 radical (unpaired) electrons. The molecule has 1 atom stereocenters. The molecular weight excluding hydrogens is 458 g/mol. The Morgan fingerprint density at radius 3 is 2.08 bits per heavy atom. The molecule has 1 heterocycles. The van der Waals surface area contributed by atoms with E-state index in [0.717, 1.165) is 18.6 Å². The lowest BCUT2D eigenvalue weighted by molar-refractivity contribution is 0.0833. The molecule has 8 heteroatoms. The molecule has 0 spiro atoms. The van der Waals surface area contributed by atoms with Crippen LogP contribution in [-0.2, 0) is 5.41 Å². The van der Waals surface area contributed by atoms with Gasteiger partial charge in [-0.3, -0.25) is 0 Å². The molecule has 5 rings (SSSR count). The van der Waals surface area contributed by atoms with Crippen LogP contribution in [0.3, 0.4) is 0 Å². The predicted molar refractivity (Wildman–Crippen MR) is 133 cm³/mol. The van der Waals surface area contributed by atoms with Crippen molar-refractivity contribution in [3.63, 3.8) is 0 Å². The zero-order valence-electron chi connectivity index (χ0n) is 20.3. The second-order valence-electron chi connectivity index (χ2n) is 9.77. The number of benzene rings is 2. The monoisotopic (exact) mass is 489 g/mol. The van der Waals surface area contributed by atoms with E-state index in [0.29, 0.717) is 30.2 Å². The van der Waals surface area contributed by atoms with Gasteiger partial charge in [0.25, 0.3) is 0 Å². The highest BCUT2D eigenvalue weighted by Gasteiger charge is 2.37.